The van der Waals surface area contributed by atoms with Gasteiger partial charge < -0.3 is 16.0 Å². The van der Waals surface area contributed by atoms with E-state index < -0.39 is 27.0 Å². The maximum atomic E-state index is 13.4. The fraction of sp³-hybridized carbons (Fsp3) is 0.524. The Kier molecular flexibility index (Phi) is 5.89. The van der Waals surface area contributed by atoms with Gasteiger partial charge in [0, 0.05) is 36.1 Å². The summed E-state index contributed by atoms with van der Waals surface area (Å²) in [6.07, 6.45) is -1.28. The van der Waals surface area contributed by atoms with Crippen LogP contribution >= 0.6 is 11.3 Å². The second-order valence-electron chi connectivity index (χ2n) is 9.56. The summed E-state index contributed by atoms with van der Waals surface area (Å²) in [6, 6.07) is 3.35. The quantitative estimate of drug-likeness (QED) is 0.444. The van der Waals surface area contributed by atoms with Crippen LogP contribution in [-0.2, 0) is 10.0 Å². The number of nitrogen functional groups attached to an aromatic ring is 1. The van der Waals surface area contributed by atoms with E-state index in [0.29, 0.717) is 41.0 Å². The molecule has 3 aromatic rings. The Bertz CT molecular complexity index is 1380. The van der Waals surface area contributed by atoms with Crippen molar-refractivity contribution in [2.24, 2.45) is 0 Å². The van der Waals surface area contributed by atoms with Crippen LogP contribution in [0.1, 0.15) is 45.0 Å². The van der Waals surface area contributed by atoms with Crippen LogP contribution in [0.5, 0.6) is 0 Å². The molecule has 2 aliphatic rings. The van der Waals surface area contributed by atoms with Crippen molar-refractivity contribution in [2.75, 3.05) is 23.7 Å². The fourth-order valence-corrected chi connectivity index (χ4v) is 6.59. The topological polar surface area (TPSA) is 139 Å². The van der Waals surface area contributed by atoms with E-state index in [1.54, 1.807) is 6.07 Å². The molecular formula is C21H26F2N8O2S2. The van der Waals surface area contributed by atoms with Crippen LogP contribution in [0, 0.1) is 0 Å². The van der Waals surface area contributed by atoms with Gasteiger partial charge in [-0.15, -0.1) is 10.2 Å². The maximum absolute atomic E-state index is 13.4. The lowest BCUT2D eigenvalue weighted by molar-refractivity contribution is 0.150. The predicted molar refractivity (Wildman–Crippen MR) is 130 cm³/mol. The zero-order valence-electron chi connectivity index (χ0n) is 19.4. The fourth-order valence-electron chi connectivity index (χ4n) is 4.38. The molecule has 10 nitrogen and oxygen atoms in total. The number of sulfonamides is 1. The minimum atomic E-state index is -3.88. The molecule has 2 aromatic heterocycles. The molecule has 35 heavy (non-hydrogen) atoms. The van der Waals surface area contributed by atoms with Crippen molar-refractivity contribution < 1.29 is 17.2 Å². The first kappa shape index (κ1) is 24.2. The van der Waals surface area contributed by atoms with Gasteiger partial charge in [-0.1, -0.05) is 11.3 Å². The second-order valence-corrected chi connectivity index (χ2v) is 12.2. The lowest BCUT2D eigenvalue weighted by Crippen LogP contribution is -2.54. The standard InChI is InChI=1S/C21H26F2N8O2S2/c1-10-8-31(9-11(2)25-10)14-7-12(35(32,33)30-21(3)4-5-21)6-13-15(14)26-20(24)27-16(13)18-28-29-19(34-18)17(22)23/h6-7,10-11,17,25,30H,4-5,8-9H2,1-3H3,(H2,24,26,27). The molecule has 2 fully saturated rings. The average Bonchev–Trinajstić information content (AvgIpc) is 3.27. The number of fused-ring (bicyclic) bond motifs is 1. The largest absolute Gasteiger partial charge is 0.368 e. The lowest BCUT2D eigenvalue weighted by atomic mass is 10.1. The molecular weight excluding hydrogens is 498 g/mol. The van der Waals surface area contributed by atoms with Crippen LogP contribution in [0.4, 0.5) is 20.4 Å². The van der Waals surface area contributed by atoms with Gasteiger partial charge in [-0.3, -0.25) is 0 Å². The Labute approximate surface area is 205 Å². The van der Waals surface area contributed by atoms with Gasteiger partial charge in [-0.05, 0) is 45.7 Å². The molecule has 14 heteroatoms. The van der Waals surface area contributed by atoms with Gasteiger partial charge in [-0.25, -0.2) is 31.9 Å². The summed E-state index contributed by atoms with van der Waals surface area (Å²) in [5.41, 5.74) is 6.73. The molecule has 0 bridgehead atoms. The van der Waals surface area contributed by atoms with E-state index in [4.69, 9.17) is 5.73 Å². The number of rotatable bonds is 6. The number of aromatic nitrogens is 4. The van der Waals surface area contributed by atoms with Crippen LogP contribution in [-0.4, -0.2) is 59.3 Å². The number of hydrogen-bond acceptors (Lipinski definition) is 10. The van der Waals surface area contributed by atoms with Crippen molar-refractivity contribution in [2.45, 2.75) is 62.6 Å². The first-order valence-electron chi connectivity index (χ1n) is 11.2. The number of anilines is 2. The van der Waals surface area contributed by atoms with Crippen molar-refractivity contribution in [3.8, 4) is 10.7 Å². The van der Waals surface area contributed by atoms with E-state index in [0.717, 1.165) is 12.8 Å². The molecule has 1 saturated heterocycles. The molecule has 2 atom stereocenters. The number of piperazine rings is 1. The van der Waals surface area contributed by atoms with Crippen molar-refractivity contribution >= 4 is 43.9 Å². The number of alkyl halides is 2. The summed E-state index contributed by atoms with van der Waals surface area (Å²) >= 11 is 0.686. The van der Waals surface area contributed by atoms with Crippen LogP contribution in [0.15, 0.2) is 17.0 Å². The summed E-state index contributed by atoms with van der Waals surface area (Å²) < 4.78 is 55.9. The van der Waals surface area contributed by atoms with Crippen LogP contribution in [0.2, 0.25) is 0 Å². The van der Waals surface area contributed by atoms with Gasteiger partial charge in [0.25, 0.3) is 6.43 Å². The van der Waals surface area contributed by atoms with Crippen LogP contribution < -0.4 is 20.7 Å². The maximum Gasteiger partial charge on any atom is 0.291 e. The Hall–Kier alpha value is -2.55. The number of nitrogens with zero attached hydrogens (tertiary/aromatic N) is 5. The highest BCUT2D eigenvalue weighted by Crippen LogP contribution is 2.40. The third kappa shape index (κ3) is 4.79. The van der Waals surface area contributed by atoms with Crippen molar-refractivity contribution in [1.82, 2.24) is 30.2 Å². The highest BCUT2D eigenvalue weighted by Gasteiger charge is 2.41. The molecule has 0 spiro atoms. The molecule has 1 aliphatic heterocycles. The van der Waals surface area contributed by atoms with Gasteiger partial charge in [0.15, 0.2) is 10.0 Å². The molecule has 0 amide bonds. The third-order valence-electron chi connectivity index (χ3n) is 6.19. The monoisotopic (exact) mass is 524 g/mol. The second kappa shape index (κ2) is 8.54. The Balaban J connectivity index is 1.74. The van der Waals surface area contributed by atoms with Gasteiger partial charge in [0.1, 0.15) is 5.69 Å². The third-order valence-corrected chi connectivity index (χ3v) is 8.75. The van der Waals surface area contributed by atoms with Gasteiger partial charge >= 0.3 is 0 Å². The molecule has 1 aromatic carbocycles. The zero-order valence-corrected chi connectivity index (χ0v) is 21.1. The lowest BCUT2D eigenvalue weighted by Gasteiger charge is -2.38. The Morgan fingerprint density at radius 2 is 1.89 bits per heavy atom. The first-order valence-corrected chi connectivity index (χ1v) is 13.5. The molecule has 2 unspecified atom stereocenters. The zero-order chi connectivity index (χ0) is 25.1. The Morgan fingerprint density at radius 1 is 1.20 bits per heavy atom. The smallest absolute Gasteiger partial charge is 0.291 e. The summed E-state index contributed by atoms with van der Waals surface area (Å²) in [5.74, 6) is -0.0713. The minimum Gasteiger partial charge on any atom is -0.368 e. The van der Waals surface area contributed by atoms with Gasteiger partial charge in [0.2, 0.25) is 16.0 Å². The highest BCUT2D eigenvalue weighted by atomic mass is 32.2. The average molecular weight is 525 g/mol. The van der Waals surface area contributed by atoms with Crippen molar-refractivity contribution in [3.63, 3.8) is 0 Å². The van der Waals surface area contributed by atoms with Crippen LogP contribution in [0.25, 0.3) is 21.6 Å². The SMILES string of the molecule is CC1CN(c2cc(S(=O)(=O)NC3(C)CC3)cc3c(-c4nnc(C(F)F)s4)nc(N)nc23)CC(C)N1. The van der Waals surface area contributed by atoms with E-state index in [2.05, 4.69) is 35.1 Å². The van der Waals surface area contributed by atoms with E-state index in [-0.39, 0.29) is 33.6 Å². The molecule has 4 N–H and O–H groups in total. The van der Waals surface area contributed by atoms with Crippen molar-refractivity contribution in [1.29, 1.82) is 0 Å². The van der Waals surface area contributed by atoms with E-state index in [9.17, 15) is 17.2 Å². The van der Waals surface area contributed by atoms with Gasteiger partial charge in [-0.2, -0.15) is 0 Å². The first-order chi connectivity index (χ1) is 16.4. The molecule has 3 heterocycles. The summed E-state index contributed by atoms with van der Waals surface area (Å²) in [6.45, 7) is 7.17. The molecule has 1 aliphatic carbocycles. The molecule has 5 rings (SSSR count). The number of nitrogens with one attached hydrogen (secondary N) is 2. The van der Waals surface area contributed by atoms with Crippen molar-refractivity contribution in [3.05, 3.63) is 17.1 Å². The molecule has 188 valence electrons. The van der Waals surface area contributed by atoms with Crippen LogP contribution in [0.3, 0.4) is 0 Å². The normalized spacial score (nSPS) is 22.2. The molecule has 1 saturated carbocycles. The number of benzene rings is 1. The number of hydrogen-bond donors (Lipinski definition) is 3. The Morgan fingerprint density at radius 3 is 2.49 bits per heavy atom. The summed E-state index contributed by atoms with van der Waals surface area (Å²) in [7, 11) is -3.88. The summed E-state index contributed by atoms with van der Waals surface area (Å²) in [5, 5.41) is 10.9. The predicted octanol–water partition coefficient (Wildman–Crippen LogP) is 2.69. The minimum absolute atomic E-state index is 0.0418. The van der Waals surface area contributed by atoms with E-state index >= 15 is 0 Å². The summed E-state index contributed by atoms with van der Waals surface area (Å²) in [4.78, 5) is 10.8. The highest BCUT2D eigenvalue weighted by molar-refractivity contribution is 7.89. The van der Waals surface area contributed by atoms with Gasteiger partial charge in [0.05, 0.1) is 16.1 Å². The number of halogens is 2. The van der Waals surface area contributed by atoms with E-state index in [1.807, 2.05) is 20.8 Å². The van der Waals surface area contributed by atoms with E-state index in [1.165, 1.54) is 6.07 Å². The number of nitrogens with two attached hydrogens (primary N) is 1. The molecule has 0 radical (unpaired) electrons.